The van der Waals surface area contributed by atoms with Gasteiger partial charge in [-0.15, -0.1) is 0 Å². The molecule has 0 aliphatic rings. The van der Waals surface area contributed by atoms with E-state index >= 15 is 0 Å². The predicted molar refractivity (Wildman–Crippen MR) is 67.4 cm³/mol. The number of carbonyl (C=O) groups is 1. The van der Waals surface area contributed by atoms with Crippen molar-refractivity contribution in [2.45, 2.75) is 4.90 Å². The number of halogens is 1. The molecule has 106 valence electrons. The maximum Gasteiger partial charge on any atom is 0.335 e. The van der Waals surface area contributed by atoms with Gasteiger partial charge in [-0.2, -0.15) is 5.10 Å². The van der Waals surface area contributed by atoms with Gasteiger partial charge in [-0.3, -0.25) is 9.40 Å². The van der Waals surface area contributed by atoms with Crippen molar-refractivity contribution in [1.29, 1.82) is 0 Å². The Bertz CT molecular complexity index is 770. The van der Waals surface area contributed by atoms with E-state index in [9.17, 15) is 17.6 Å². The first-order valence-electron chi connectivity index (χ1n) is 5.34. The Balaban J connectivity index is 2.39. The summed E-state index contributed by atoms with van der Waals surface area (Å²) in [6, 6.07) is 2.83. The smallest absolute Gasteiger partial charge is 0.335 e. The van der Waals surface area contributed by atoms with Crippen molar-refractivity contribution >= 4 is 21.7 Å². The van der Waals surface area contributed by atoms with Crippen LogP contribution >= 0.6 is 0 Å². The normalized spacial score (nSPS) is 11.3. The van der Waals surface area contributed by atoms with Gasteiger partial charge in [0.1, 0.15) is 10.7 Å². The number of sulfonamides is 1. The number of anilines is 1. The highest BCUT2D eigenvalue weighted by molar-refractivity contribution is 7.92. The number of carboxylic acid groups (broad SMARTS) is 1. The van der Waals surface area contributed by atoms with E-state index < -0.39 is 27.5 Å². The van der Waals surface area contributed by atoms with Crippen molar-refractivity contribution in [1.82, 2.24) is 9.78 Å². The lowest BCUT2D eigenvalue weighted by atomic mass is 10.2. The quantitative estimate of drug-likeness (QED) is 0.879. The molecule has 0 saturated heterocycles. The summed E-state index contributed by atoms with van der Waals surface area (Å²) in [7, 11) is -2.49. The van der Waals surface area contributed by atoms with Gasteiger partial charge in [0.15, 0.2) is 0 Å². The van der Waals surface area contributed by atoms with Crippen LogP contribution in [0.1, 0.15) is 10.4 Å². The number of aromatic nitrogens is 2. The highest BCUT2D eigenvalue weighted by Crippen LogP contribution is 2.20. The largest absolute Gasteiger partial charge is 0.478 e. The second-order valence-corrected chi connectivity index (χ2v) is 5.64. The molecule has 2 rings (SSSR count). The lowest BCUT2D eigenvalue weighted by Crippen LogP contribution is -2.14. The molecule has 0 radical (unpaired) electrons. The minimum atomic E-state index is -4.02. The van der Waals surface area contributed by atoms with Gasteiger partial charge in [0, 0.05) is 13.2 Å². The number of benzene rings is 1. The molecule has 1 heterocycles. The number of aryl methyl sites for hydroxylation is 1. The lowest BCUT2D eigenvalue weighted by Gasteiger charge is -2.08. The van der Waals surface area contributed by atoms with Crippen molar-refractivity contribution in [2.75, 3.05) is 4.72 Å². The molecule has 7 nitrogen and oxygen atoms in total. The maximum absolute atomic E-state index is 13.5. The zero-order chi connectivity index (χ0) is 14.9. The van der Waals surface area contributed by atoms with E-state index in [1.165, 1.54) is 17.9 Å². The van der Waals surface area contributed by atoms with Crippen molar-refractivity contribution in [3.05, 3.63) is 42.0 Å². The van der Waals surface area contributed by atoms with Crippen LogP contribution in [0.2, 0.25) is 0 Å². The van der Waals surface area contributed by atoms with Crippen LogP contribution in [0.5, 0.6) is 0 Å². The molecule has 2 N–H and O–H groups in total. The number of hydrogen-bond acceptors (Lipinski definition) is 4. The fourth-order valence-corrected chi connectivity index (χ4v) is 2.52. The summed E-state index contributed by atoms with van der Waals surface area (Å²) >= 11 is 0. The van der Waals surface area contributed by atoms with Gasteiger partial charge in [-0.25, -0.2) is 17.6 Å². The monoisotopic (exact) mass is 299 g/mol. The van der Waals surface area contributed by atoms with Crippen LogP contribution in [0.15, 0.2) is 35.5 Å². The molecular weight excluding hydrogens is 289 g/mol. The molecule has 20 heavy (non-hydrogen) atoms. The summed E-state index contributed by atoms with van der Waals surface area (Å²) in [5.41, 5.74) is -0.663. The molecular formula is C11H10FN3O4S. The van der Waals surface area contributed by atoms with E-state index in [0.717, 1.165) is 24.4 Å². The SMILES string of the molecule is Cn1cc(S(=O)(=O)Nc2cc(C(=O)O)ccc2F)cn1. The van der Waals surface area contributed by atoms with Crippen molar-refractivity contribution < 1.29 is 22.7 Å². The molecule has 0 spiro atoms. The molecule has 2 aromatic rings. The van der Waals surface area contributed by atoms with Crippen LogP contribution in [0, 0.1) is 5.82 Å². The Morgan fingerprint density at radius 3 is 2.70 bits per heavy atom. The Labute approximate surface area is 113 Å². The Kier molecular flexibility index (Phi) is 3.45. The molecule has 1 aromatic heterocycles. The first-order valence-corrected chi connectivity index (χ1v) is 6.82. The van der Waals surface area contributed by atoms with Crippen LogP contribution in [-0.4, -0.2) is 29.3 Å². The fourth-order valence-electron chi connectivity index (χ4n) is 1.48. The van der Waals surface area contributed by atoms with Crippen molar-refractivity contribution in [3.8, 4) is 0 Å². The zero-order valence-electron chi connectivity index (χ0n) is 10.2. The molecule has 0 aliphatic heterocycles. The standard InChI is InChI=1S/C11H10FN3O4S/c1-15-6-8(5-13-15)20(18,19)14-10-4-7(11(16)17)2-3-9(10)12/h2-6,14H,1H3,(H,16,17). The first kappa shape index (κ1) is 14.0. The van der Waals surface area contributed by atoms with Crippen molar-refractivity contribution in [3.63, 3.8) is 0 Å². The second kappa shape index (κ2) is 4.93. The Hall–Kier alpha value is -2.42. The second-order valence-electron chi connectivity index (χ2n) is 3.95. The number of aromatic carboxylic acids is 1. The summed E-state index contributed by atoms with van der Waals surface area (Å²) in [6.45, 7) is 0. The fraction of sp³-hybridized carbons (Fsp3) is 0.0909. The highest BCUT2D eigenvalue weighted by Gasteiger charge is 2.19. The maximum atomic E-state index is 13.5. The van der Waals surface area contributed by atoms with E-state index in [2.05, 4.69) is 5.10 Å². The summed E-state index contributed by atoms with van der Waals surface area (Å²) in [5.74, 6) is -2.16. The molecule has 0 amide bonds. The van der Waals surface area contributed by atoms with Gasteiger partial charge in [0.25, 0.3) is 10.0 Å². The van der Waals surface area contributed by atoms with E-state index in [4.69, 9.17) is 5.11 Å². The van der Waals surface area contributed by atoms with Gasteiger partial charge in [-0.05, 0) is 18.2 Å². The molecule has 1 aromatic carbocycles. The van der Waals surface area contributed by atoms with Crippen LogP contribution in [0.3, 0.4) is 0 Å². The van der Waals surface area contributed by atoms with E-state index in [-0.39, 0.29) is 10.5 Å². The Morgan fingerprint density at radius 1 is 1.45 bits per heavy atom. The number of nitrogens with zero attached hydrogens (tertiary/aromatic N) is 2. The van der Waals surface area contributed by atoms with Crippen LogP contribution in [-0.2, 0) is 17.1 Å². The molecule has 0 unspecified atom stereocenters. The summed E-state index contributed by atoms with van der Waals surface area (Å²) in [4.78, 5) is 10.6. The van der Waals surface area contributed by atoms with E-state index in [1.807, 2.05) is 4.72 Å². The third-order valence-electron chi connectivity index (χ3n) is 2.45. The number of carboxylic acids is 1. The van der Waals surface area contributed by atoms with Gasteiger partial charge in [0.2, 0.25) is 0 Å². The summed E-state index contributed by atoms with van der Waals surface area (Å²) in [5, 5.41) is 12.5. The molecule has 0 saturated carbocycles. The predicted octanol–water partition coefficient (Wildman–Crippen LogP) is 1.06. The van der Waals surface area contributed by atoms with E-state index in [1.54, 1.807) is 0 Å². The van der Waals surface area contributed by atoms with Gasteiger partial charge in [-0.1, -0.05) is 0 Å². The van der Waals surface area contributed by atoms with Crippen LogP contribution < -0.4 is 4.72 Å². The molecule has 0 fully saturated rings. The average Bonchev–Trinajstić information content (AvgIpc) is 2.79. The van der Waals surface area contributed by atoms with Crippen LogP contribution in [0.25, 0.3) is 0 Å². The molecule has 0 aliphatic carbocycles. The number of hydrogen-bond donors (Lipinski definition) is 2. The third kappa shape index (κ3) is 2.77. The van der Waals surface area contributed by atoms with Gasteiger partial charge in [0.05, 0.1) is 17.4 Å². The first-order chi connectivity index (χ1) is 9.29. The number of rotatable bonds is 4. The summed E-state index contributed by atoms with van der Waals surface area (Å²) in [6.07, 6.45) is 2.34. The minimum Gasteiger partial charge on any atom is -0.478 e. The molecule has 0 bridgehead atoms. The van der Waals surface area contributed by atoms with Gasteiger partial charge >= 0.3 is 5.97 Å². The molecule has 0 atom stereocenters. The zero-order valence-corrected chi connectivity index (χ0v) is 11.1. The summed E-state index contributed by atoms with van der Waals surface area (Å²) < 4.78 is 40.8. The third-order valence-corrected chi connectivity index (χ3v) is 3.77. The highest BCUT2D eigenvalue weighted by atomic mass is 32.2. The van der Waals surface area contributed by atoms with E-state index in [0.29, 0.717) is 0 Å². The average molecular weight is 299 g/mol. The lowest BCUT2D eigenvalue weighted by molar-refractivity contribution is 0.0697. The molecule has 9 heteroatoms. The van der Waals surface area contributed by atoms with Crippen molar-refractivity contribution in [2.24, 2.45) is 7.05 Å². The number of nitrogens with one attached hydrogen (secondary N) is 1. The minimum absolute atomic E-state index is 0.153. The Morgan fingerprint density at radius 2 is 2.15 bits per heavy atom. The van der Waals surface area contributed by atoms with Crippen LogP contribution in [0.4, 0.5) is 10.1 Å². The van der Waals surface area contributed by atoms with Gasteiger partial charge < -0.3 is 5.11 Å². The topological polar surface area (TPSA) is 101 Å².